The van der Waals surface area contributed by atoms with E-state index in [0.717, 1.165) is 54.0 Å². The fourth-order valence-corrected chi connectivity index (χ4v) is 8.38. The minimum Gasteiger partial charge on any atom is -0.389 e. The van der Waals surface area contributed by atoms with E-state index in [2.05, 4.69) is 22.8 Å². The highest BCUT2D eigenvalue weighted by molar-refractivity contribution is 7.20. The van der Waals surface area contributed by atoms with Gasteiger partial charge in [-0.1, -0.05) is 29.6 Å². The van der Waals surface area contributed by atoms with Crippen molar-refractivity contribution in [3.63, 3.8) is 0 Å². The molecule has 3 fully saturated rings. The number of carbonyl (C=O) groups is 1. The van der Waals surface area contributed by atoms with Crippen LogP contribution in [0.3, 0.4) is 0 Å². The van der Waals surface area contributed by atoms with Crippen LogP contribution in [0.2, 0.25) is 0 Å². The van der Waals surface area contributed by atoms with Crippen molar-refractivity contribution in [1.29, 1.82) is 5.26 Å². The van der Waals surface area contributed by atoms with Crippen molar-refractivity contribution in [3.8, 4) is 17.3 Å². The number of likely N-dealkylation sites (tertiary alicyclic amines) is 2. The molecule has 0 saturated carbocycles. The summed E-state index contributed by atoms with van der Waals surface area (Å²) < 4.78 is 15.4. The number of benzene rings is 1. The van der Waals surface area contributed by atoms with E-state index >= 15 is 0 Å². The largest absolute Gasteiger partial charge is 0.389 e. The maximum atomic E-state index is 13.5. The number of carbonyl (C=O) groups excluding carboxylic acids is 1. The molecule has 1 N–H and O–H groups in total. The number of hydrogen-bond acceptors (Lipinski definition) is 11. The van der Waals surface area contributed by atoms with Crippen LogP contribution < -0.4 is 9.80 Å². The van der Waals surface area contributed by atoms with Crippen molar-refractivity contribution >= 4 is 49.6 Å². The Morgan fingerprint density at radius 2 is 1.95 bits per heavy atom. The van der Waals surface area contributed by atoms with Crippen molar-refractivity contribution < 1.29 is 14.3 Å². The number of β-amino-alcohol motifs (C(OH)–C–C–N with tert-alkyl or cyclic N) is 1. The number of nitrogens with zero attached hydrogens (tertiary/aromatic N) is 9. The molecule has 2 atom stereocenters. The molecule has 43 heavy (non-hydrogen) atoms. The third kappa shape index (κ3) is 4.94. The summed E-state index contributed by atoms with van der Waals surface area (Å²) in [6.07, 6.45) is 3.36. The second-order valence-corrected chi connectivity index (χ2v) is 13.3. The second-order valence-electron chi connectivity index (χ2n) is 11.3. The van der Waals surface area contributed by atoms with Gasteiger partial charge in [0, 0.05) is 44.3 Å². The number of amides is 1. The number of halogens is 1. The van der Waals surface area contributed by atoms with Gasteiger partial charge in [0.15, 0.2) is 10.9 Å². The molecule has 7 rings (SSSR count). The molecular weight excluding hydrogens is 590 g/mol. The Bertz CT molecular complexity index is 1700. The predicted molar refractivity (Wildman–Crippen MR) is 163 cm³/mol. The SMILES string of the molecule is CCc1nc2sc(N3CCC4C3CCCN4CC(=O)N3CC(O)C3)nn2c1N(C)c1nc(-c2ccc(F)cc2)c(C#N)s1. The van der Waals surface area contributed by atoms with E-state index < -0.39 is 0 Å². The summed E-state index contributed by atoms with van der Waals surface area (Å²) in [6.45, 7) is 5.11. The molecular formula is C29H32FN9O2S2. The van der Waals surface area contributed by atoms with Crippen LogP contribution >= 0.6 is 22.7 Å². The average molecular weight is 622 g/mol. The molecule has 3 saturated heterocycles. The summed E-state index contributed by atoms with van der Waals surface area (Å²) >= 11 is 2.86. The molecule has 3 aliphatic heterocycles. The number of nitriles is 1. The minimum atomic E-state index is -0.387. The summed E-state index contributed by atoms with van der Waals surface area (Å²) in [6, 6.07) is 8.83. The lowest BCUT2D eigenvalue weighted by molar-refractivity contribution is -0.143. The molecule has 224 valence electrons. The highest BCUT2D eigenvalue weighted by Crippen LogP contribution is 2.40. The van der Waals surface area contributed by atoms with Crippen molar-refractivity contribution in [2.24, 2.45) is 0 Å². The number of piperidine rings is 1. The maximum Gasteiger partial charge on any atom is 0.236 e. The van der Waals surface area contributed by atoms with E-state index in [0.29, 0.717) is 47.3 Å². The molecule has 0 bridgehead atoms. The first-order chi connectivity index (χ1) is 20.8. The van der Waals surface area contributed by atoms with Crippen LogP contribution in [0, 0.1) is 17.1 Å². The molecule has 0 radical (unpaired) electrons. The Labute approximate surface area is 256 Å². The zero-order valence-corrected chi connectivity index (χ0v) is 25.6. The molecule has 0 spiro atoms. The Morgan fingerprint density at radius 3 is 2.67 bits per heavy atom. The zero-order chi connectivity index (χ0) is 29.8. The Hall–Kier alpha value is -3.64. The molecule has 2 unspecified atom stereocenters. The molecule has 1 aromatic carbocycles. The Balaban J connectivity index is 1.15. The summed E-state index contributed by atoms with van der Waals surface area (Å²) in [7, 11) is 1.91. The van der Waals surface area contributed by atoms with E-state index in [1.54, 1.807) is 28.4 Å². The van der Waals surface area contributed by atoms with Crippen LogP contribution in [0.25, 0.3) is 16.2 Å². The number of aliphatic hydroxyl groups excluding tert-OH is 1. The second kappa shape index (κ2) is 11.1. The Morgan fingerprint density at radius 1 is 1.16 bits per heavy atom. The number of fused-ring (bicyclic) bond motifs is 2. The van der Waals surface area contributed by atoms with E-state index in [-0.39, 0.29) is 29.9 Å². The van der Waals surface area contributed by atoms with Crippen LogP contribution in [-0.2, 0) is 11.2 Å². The molecule has 11 nitrogen and oxygen atoms in total. The van der Waals surface area contributed by atoms with E-state index in [9.17, 15) is 19.6 Å². The van der Waals surface area contributed by atoms with Gasteiger partial charge in [0.2, 0.25) is 16.0 Å². The first-order valence-electron chi connectivity index (χ1n) is 14.6. The molecule has 6 heterocycles. The lowest BCUT2D eigenvalue weighted by Crippen LogP contribution is -2.58. The number of anilines is 3. The smallest absolute Gasteiger partial charge is 0.236 e. The van der Waals surface area contributed by atoms with Crippen LogP contribution in [0.1, 0.15) is 36.8 Å². The van der Waals surface area contributed by atoms with Crippen LogP contribution in [-0.4, -0.2) is 98.4 Å². The standard InChI is InChI=1S/C29H32FN9O2S2/c1-3-20-26(35(2)27-33-25(23(13-31)42-27)17-6-8-18(30)9-7-17)39-28(32-20)43-29(34-39)38-12-10-21-22(38)5-4-11-36(21)16-24(41)37-14-19(40)15-37/h6-9,19,21-22,40H,3-5,10-12,14-16H2,1-2H3. The maximum absolute atomic E-state index is 13.5. The molecule has 4 aromatic rings. The molecule has 3 aliphatic rings. The number of aromatic nitrogens is 4. The van der Waals surface area contributed by atoms with Gasteiger partial charge in [0.25, 0.3) is 0 Å². The van der Waals surface area contributed by atoms with Crippen molar-refractivity contribution in [1.82, 2.24) is 29.4 Å². The van der Waals surface area contributed by atoms with Crippen LogP contribution in [0.5, 0.6) is 0 Å². The zero-order valence-electron chi connectivity index (χ0n) is 24.0. The third-order valence-electron chi connectivity index (χ3n) is 8.74. The van der Waals surface area contributed by atoms with Crippen molar-refractivity contribution in [2.45, 2.75) is 50.8 Å². The fraction of sp³-hybridized carbons (Fsp3) is 0.483. The van der Waals surface area contributed by atoms with Crippen molar-refractivity contribution in [3.05, 3.63) is 40.7 Å². The normalized spacial score (nSPS) is 20.8. The number of aryl methyl sites for hydroxylation is 1. The highest BCUT2D eigenvalue weighted by Gasteiger charge is 2.43. The molecule has 14 heteroatoms. The third-order valence-corrected chi connectivity index (χ3v) is 10.7. The average Bonchev–Trinajstić information content (AvgIpc) is 3.77. The summed E-state index contributed by atoms with van der Waals surface area (Å²) in [5.74, 6) is 0.572. The number of rotatable bonds is 7. The summed E-state index contributed by atoms with van der Waals surface area (Å²) in [4.78, 5) is 32.1. The lowest BCUT2D eigenvalue weighted by Gasteiger charge is -2.42. The topological polar surface area (TPSA) is 117 Å². The van der Waals surface area contributed by atoms with Gasteiger partial charge in [-0.25, -0.2) is 14.4 Å². The summed E-state index contributed by atoms with van der Waals surface area (Å²) in [5.41, 5.74) is 2.11. The van der Waals surface area contributed by atoms with E-state index in [4.69, 9.17) is 15.1 Å². The number of aliphatic hydroxyl groups is 1. The number of hydrogen-bond donors (Lipinski definition) is 1. The van der Waals surface area contributed by atoms with E-state index in [1.807, 2.05) is 16.5 Å². The van der Waals surface area contributed by atoms with Crippen LogP contribution in [0.15, 0.2) is 24.3 Å². The van der Waals surface area contributed by atoms with Gasteiger partial charge in [0.1, 0.15) is 22.5 Å². The Kier molecular flexibility index (Phi) is 7.29. The van der Waals surface area contributed by atoms with Gasteiger partial charge in [-0.15, -0.1) is 5.10 Å². The number of thiazole rings is 1. The fourth-order valence-electron chi connectivity index (χ4n) is 6.53. The molecule has 3 aromatic heterocycles. The molecule has 1 amide bonds. The van der Waals surface area contributed by atoms with Gasteiger partial charge in [-0.3, -0.25) is 9.69 Å². The monoisotopic (exact) mass is 621 g/mol. The first-order valence-corrected chi connectivity index (χ1v) is 16.2. The van der Waals surface area contributed by atoms with Crippen LogP contribution in [0.4, 0.5) is 20.5 Å². The van der Waals surface area contributed by atoms with Gasteiger partial charge >= 0.3 is 0 Å². The first kappa shape index (κ1) is 28.1. The van der Waals surface area contributed by atoms with Gasteiger partial charge < -0.3 is 19.8 Å². The predicted octanol–water partition coefficient (Wildman–Crippen LogP) is 3.50. The quantitative estimate of drug-likeness (QED) is 0.331. The van der Waals surface area contributed by atoms with Gasteiger partial charge in [0.05, 0.1) is 18.3 Å². The number of imidazole rings is 1. The highest BCUT2D eigenvalue weighted by atomic mass is 32.1. The van der Waals surface area contributed by atoms with Crippen molar-refractivity contribution in [2.75, 3.05) is 49.6 Å². The van der Waals surface area contributed by atoms with Gasteiger partial charge in [-0.05, 0) is 56.5 Å². The molecule has 0 aliphatic carbocycles. The lowest BCUT2D eigenvalue weighted by atomic mass is 9.97. The minimum absolute atomic E-state index is 0.0984. The van der Waals surface area contributed by atoms with Gasteiger partial charge in [-0.2, -0.15) is 9.78 Å². The summed E-state index contributed by atoms with van der Waals surface area (Å²) in [5, 5.41) is 26.0. The van der Waals surface area contributed by atoms with E-state index in [1.165, 1.54) is 23.5 Å².